The molecular formula is C54H68ClN5O8. The molecule has 3 aliphatic rings. The minimum absolute atomic E-state index is 0.0264. The number of benzene rings is 3. The lowest BCUT2D eigenvalue weighted by atomic mass is 9.49. The van der Waals surface area contributed by atoms with Crippen LogP contribution in [0.4, 0.5) is 0 Å². The van der Waals surface area contributed by atoms with E-state index in [1.807, 2.05) is 53.0 Å². The van der Waals surface area contributed by atoms with Crippen LogP contribution in [-0.4, -0.2) is 95.9 Å². The number of β-amino-alcohol motifs (C(OH)–C–C–N with tert-alkyl or cyclic N) is 1. The molecule has 3 amide bonds. The lowest BCUT2D eigenvalue weighted by Gasteiger charge is -2.63. The van der Waals surface area contributed by atoms with Gasteiger partial charge in [0.1, 0.15) is 36.3 Å². The number of aliphatic hydroxyl groups excluding tert-OH is 1. The molecule has 0 radical (unpaired) electrons. The summed E-state index contributed by atoms with van der Waals surface area (Å²) < 4.78 is 18.2. The van der Waals surface area contributed by atoms with E-state index in [1.54, 1.807) is 42.5 Å². The number of Topliss-reactive ketones (excluding diaryl/α,β-unsaturated/α-hetero) is 1. The van der Waals surface area contributed by atoms with Crippen molar-refractivity contribution in [3.05, 3.63) is 99.7 Å². The van der Waals surface area contributed by atoms with Crippen LogP contribution in [0.5, 0.6) is 11.5 Å². The lowest BCUT2D eigenvalue weighted by Crippen LogP contribution is -2.74. The molecule has 2 heterocycles. The highest BCUT2D eigenvalue weighted by molar-refractivity contribution is 6.31. The maximum absolute atomic E-state index is 14.1. The summed E-state index contributed by atoms with van der Waals surface area (Å²) in [6, 6.07) is 20.4. The van der Waals surface area contributed by atoms with Gasteiger partial charge in [-0.25, -0.2) is 0 Å². The summed E-state index contributed by atoms with van der Waals surface area (Å²) in [7, 11) is 0. The Morgan fingerprint density at radius 1 is 0.985 bits per heavy atom. The van der Waals surface area contributed by atoms with Gasteiger partial charge in [0.05, 0.1) is 35.4 Å². The maximum atomic E-state index is 14.1. The first-order chi connectivity index (χ1) is 32.1. The van der Waals surface area contributed by atoms with Gasteiger partial charge in [0.2, 0.25) is 11.8 Å². The van der Waals surface area contributed by atoms with Crippen LogP contribution in [0.3, 0.4) is 0 Å². The van der Waals surface area contributed by atoms with Gasteiger partial charge in [0.15, 0.2) is 5.78 Å². The molecule has 14 heteroatoms. The average Bonchev–Trinajstić information content (AvgIpc) is 3.92. The summed E-state index contributed by atoms with van der Waals surface area (Å²) in [6.45, 7) is 18.0. The Kier molecular flexibility index (Phi) is 16.6. The summed E-state index contributed by atoms with van der Waals surface area (Å²) in [4.78, 5) is 60.0. The quantitative estimate of drug-likeness (QED) is 0.0935. The van der Waals surface area contributed by atoms with E-state index in [2.05, 4.69) is 61.5 Å². The van der Waals surface area contributed by atoms with Crippen molar-refractivity contribution in [3.8, 4) is 17.6 Å². The van der Waals surface area contributed by atoms with E-state index in [0.717, 1.165) is 36.1 Å². The van der Waals surface area contributed by atoms with Crippen molar-refractivity contribution in [1.29, 1.82) is 5.26 Å². The number of aliphatic hydroxyl groups is 1. The van der Waals surface area contributed by atoms with Crippen molar-refractivity contribution in [1.82, 2.24) is 15.5 Å². The van der Waals surface area contributed by atoms with Crippen LogP contribution in [-0.2, 0) is 25.5 Å². The lowest BCUT2D eigenvalue weighted by molar-refractivity contribution is -0.164. The topological polar surface area (TPSA) is 180 Å². The zero-order chi connectivity index (χ0) is 49.6. The Morgan fingerprint density at radius 3 is 2.28 bits per heavy atom. The number of ether oxygens (including phenoxy) is 3. The third-order valence-corrected chi connectivity index (χ3v) is 14.0. The second-order valence-electron chi connectivity index (χ2n) is 20.8. The number of carbonyl (C=O) groups excluding carboxylic acids is 4. The van der Waals surface area contributed by atoms with Crippen LogP contribution in [0.2, 0.25) is 5.02 Å². The fourth-order valence-corrected chi connectivity index (χ4v) is 10.3. The molecule has 0 bridgehead atoms. The molecule has 68 heavy (non-hydrogen) atoms. The Hall–Kier alpha value is -5.55. The number of amides is 3. The summed E-state index contributed by atoms with van der Waals surface area (Å²) in [5, 5.41) is 26.3. The van der Waals surface area contributed by atoms with Crippen molar-refractivity contribution in [2.45, 2.75) is 144 Å². The summed E-state index contributed by atoms with van der Waals surface area (Å²) in [5.41, 5.74) is 3.78. The molecule has 3 N–H and O–H groups in total. The molecule has 0 spiro atoms. The molecule has 1 saturated carbocycles. The first-order valence-electron chi connectivity index (χ1n) is 23.7. The fraction of sp³-hybridized carbons (Fsp3) is 0.519. The van der Waals surface area contributed by atoms with Crippen molar-refractivity contribution >= 4 is 46.9 Å². The molecule has 2 aliphatic heterocycles. The molecular weight excluding hydrogens is 882 g/mol. The van der Waals surface area contributed by atoms with Crippen molar-refractivity contribution in [2.75, 3.05) is 19.8 Å². The first-order valence-corrected chi connectivity index (χ1v) is 24.1. The van der Waals surface area contributed by atoms with E-state index in [0.29, 0.717) is 47.1 Å². The number of rotatable bonds is 20. The van der Waals surface area contributed by atoms with Crippen LogP contribution in [0.25, 0.3) is 5.57 Å². The van der Waals surface area contributed by atoms with Gasteiger partial charge < -0.3 is 34.9 Å². The first kappa shape index (κ1) is 51.8. The smallest absolute Gasteiger partial charge is 0.251 e. The standard InChI is InChI=1S/C54H68ClN5O8/c1-33(12-10-11-27-66-40-21-18-37(19-22-40)48(64)59-50-53(6,7)51(54(50,8)9)68-41-23-20-38(30-56)43(55)29-41)67-32-46(63)58-47(52(3,4)5)49(65)60-31-39(61)28-44(60)45(62)24-15-35-13-16-36(17-14-35)42-25-26-57-34(42)2/h13-14,16-23,26,29,33,39,44,47,50-51,61H,10-12,15,24-25,27-28,31-32H2,1-9H3,(H,58,63)(H,59,64)/t33-,39-,44+,47-,50?,51?/m1/s1. The fourth-order valence-electron chi connectivity index (χ4n) is 10.1. The number of unbranched alkanes of at least 4 members (excludes halogenated alkanes) is 1. The molecule has 2 fully saturated rings. The van der Waals surface area contributed by atoms with Gasteiger partial charge in [-0.15, -0.1) is 0 Å². The highest BCUT2D eigenvalue weighted by atomic mass is 35.5. The second kappa shape index (κ2) is 21.8. The van der Waals surface area contributed by atoms with Crippen LogP contribution in [0.1, 0.15) is 128 Å². The van der Waals surface area contributed by atoms with Gasteiger partial charge in [0, 0.05) is 66.2 Å². The number of halogens is 1. The summed E-state index contributed by atoms with van der Waals surface area (Å²) in [5.74, 6) is 0.0850. The number of hydrogen-bond donors (Lipinski definition) is 3. The van der Waals surface area contributed by atoms with Gasteiger partial charge in [-0.1, -0.05) is 84.3 Å². The normalized spacial score (nSPS) is 21.4. The molecule has 3 aromatic rings. The van der Waals surface area contributed by atoms with E-state index in [4.69, 9.17) is 25.8 Å². The molecule has 3 aromatic carbocycles. The van der Waals surface area contributed by atoms with Gasteiger partial charge in [-0.05, 0) is 98.0 Å². The number of allylic oxidation sites excluding steroid dienone is 2. The predicted octanol–water partition coefficient (Wildman–Crippen LogP) is 8.68. The largest absolute Gasteiger partial charge is 0.494 e. The third kappa shape index (κ3) is 12.4. The zero-order valence-corrected chi connectivity index (χ0v) is 41.7. The van der Waals surface area contributed by atoms with Crippen LogP contribution >= 0.6 is 11.6 Å². The Bertz CT molecular complexity index is 2400. The zero-order valence-electron chi connectivity index (χ0n) is 41.0. The summed E-state index contributed by atoms with van der Waals surface area (Å²) in [6.07, 6.45) is 4.56. The molecule has 0 unspecified atom stereocenters. The van der Waals surface area contributed by atoms with E-state index >= 15 is 0 Å². The predicted molar refractivity (Wildman–Crippen MR) is 264 cm³/mol. The number of nitrogens with one attached hydrogen (secondary N) is 2. The number of carbonyl (C=O) groups is 4. The number of nitrogens with zero attached hydrogens (tertiary/aromatic N) is 3. The van der Waals surface area contributed by atoms with Crippen LogP contribution < -0.4 is 20.1 Å². The Balaban J connectivity index is 0.893. The molecule has 4 atom stereocenters. The number of aryl methyl sites for hydroxylation is 1. The molecule has 0 aromatic heterocycles. The molecule has 1 saturated heterocycles. The Labute approximate surface area is 406 Å². The number of ketones is 1. The van der Waals surface area contributed by atoms with Gasteiger partial charge >= 0.3 is 0 Å². The van der Waals surface area contributed by atoms with Gasteiger partial charge in [0.25, 0.3) is 5.91 Å². The monoisotopic (exact) mass is 949 g/mol. The minimum Gasteiger partial charge on any atom is -0.494 e. The second-order valence-corrected chi connectivity index (χ2v) is 21.2. The third-order valence-electron chi connectivity index (χ3n) is 13.7. The highest BCUT2D eigenvalue weighted by Crippen LogP contribution is 2.55. The SMILES string of the molecule is CC1=C(c2ccc(CCC(=O)[C@@H]3C[C@@H](O)CN3C(=O)[C@@H](NC(=O)CO[C@H](C)CCCCOc3ccc(C(=O)NC4C(C)(C)C(Oc5ccc(C#N)c(Cl)c5)C4(C)C)cc3)C(C)(C)C)cc2)CC=N1. The van der Waals surface area contributed by atoms with E-state index in [-0.39, 0.29) is 66.8 Å². The summed E-state index contributed by atoms with van der Waals surface area (Å²) >= 11 is 6.24. The number of likely N-dealkylation sites (tertiary alicyclic amines) is 1. The number of nitriles is 1. The maximum Gasteiger partial charge on any atom is 0.251 e. The van der Waals surface area contributed by atoms with E-state index < -0.39 is 35.4 Å². The molecule has 6 rings (SSSR count). The van der Waals surface area contributed by atoms with E-state index in [9.17, 15) is 29.5 Å². The number of hydrogen-bond acceptors (Lipinski definition) is 10. The van der Waals surface area contributed by atoms with Crippen LogP contribution in [0.15, 0.2) is 77.4 Å². The van der Waals surface area contributed by atoms with Gasteiger partial charge in [-0.2, -0.15) is 5.26 Å². The van der Waals surface area contributed by atoms with Crippen molar-refractivity contribution in [3.63, 3.8) is 0 Å². The van der Waals surface area contributed by atoms with Crippen LogP contribution in [0, 0.1) is 27.6 Å². The van der Waals surface area contributed by atoms with Crippen molar-refractivity contribution < 1.29 is 38.5 Å². The highest BCUT2D eigenvalue weighted by Gasteiger charge is 2.64. The molecule has 13 nitrogen and oxygen atoms in total. The molecule has 364 valence electrons. The van der Waals surface area contributed by atoms with Crippen molar-refractivity contribution in [2.24, 2.45) is 21.2 Å². The molecule has 1 aliphatic carbocycles. The minimum atomic E-state index is -0.933. The Morgan fingerprint density at radius 2 is 1.66 bits per heavy atom. The van der Waals surface area contributed by atoms with Gasteiger partial charge in [-0.3, -0.25) is 24.2 Å². The average molecular weight is 951 g/mol. The van der Waals surface area contributed by atoms with E-state index in [1.165, 1.54) is 10.5 Å². The number of aliphatic imine (C=N–C) groups is 1.